The van der Waals surface area contributed by atoms with E-state index in [4.69, 9.17) is 21.7 Å². The number of nitrogens with one attached hydrogen (secondary N) is 2. The number of hydrogen-bond acceptors (Lipinski definition) is 3. The molecule has 0 spiro atoms. The van der Waals surface area contributed by atoms with Crippen LogP contribution < -0.4 is 20.1 Å². The Hall–Kier alpha value is -1.49. The standard InChI is InChI=1S/C19H26N2O2S/c1-22-16-8-15(9-17(10-16)23-2)20-19(24)21-18-13-4-11-3-12(6-13)7-14(18)5-11/h8-14,18H,3-7H2,1-2H3,(H2,20,21,24). The fourth-order valence-electron chi connectivity index (χ4n) is 5.36. The molecule has 24 heavy (non-hydrogen) atoms. The van der Waals surface area contributed by atoms with Crippen molar-refractivity contribution in [3.8, 4) is 11.5 Å². The average molecular weight is 346 g/mol. The third kappa shape index (κ3) is 3.06. The van der Waals surface area contributed by atoms with Gasteiger partial charge in [0, 0.05) is 29.9 Å². The van der Waals surface area contributed by atoms with Crippen molar-refractivity contribution in [3.05, 3.63) is 18.2 Å². The number of hydrogen-bond donors (Lipinski definition) is 2. The van der Waals surface area contributed by atoms with Crippen LogP contribution in [0.1, 0.15) is 32.1 Å². The first-order chi connectivity index (χ1) is 11.6. The zero-order valence-electron chi connectivity index (χ0n) is 14.4. The van der Waals surface area contributed by atoms with Crippen LogP contribution >= 0.6 is 12.2 Å². The van der Waals surface area contributed by atoms with E-state index in [1.54, 1.807) is 14.2 Å². The van der Waals surface area contributed by atoms with E-state index in [9.17, 15) is 0 Å². The molecule has 4 saturated carbocycles. The summed E-state index contributed by atoms with van der Waals surface area (Å²) in [5.74, 6) is 5.09. The monoisotopic (exact) mass is 346 g/mol. The summed E-state index contributed by atoms with van der Waals surface area (Å²) in [6.45, 7) is 0. The summed E-state index contributed by atoms with van der Waals surface area (Å²) in [5, 5.41) is 7.65. The molecule has 0 unspecified atom stereocenters. The van der Waals surface area contributed by atoms with Gasteiger partial charge in [0.25, 0.3) is 0 Å². The molecule has 0 radical (unpaired) electrons. The molecule has 4 aliphatic rings. The summed E-state index contributed by atoms with van der Waals surface area (Å²) in [6.07, 6.45) is 7.03. The van der Waals surface area contributed by atoms with Crippen molar-refractivity contribution >= 4 is 23.0 Å². The summed E-state index contributed by atoms with van der Waals surface area (Å²) in [6, 6.07) is 6.28. The minimum Gasteiger partial charge on any atom is -0.497 e. The van der Waals surface area contributed by atoms with Crippen LogP contribution in [-0.2, 0) is 0 Å². The fraction of sp³-hybridized carbons (Fsp3) is 0.632. The molecule has 0 atom stereocenters. The van der Waals surface area contributed by atoms with Gasteiger partial charge in [-0.15, -0.1) is 0 Å². The molecular weight excluding hydrogens is 320 g/mol. The first-order valence-electron chi connectivity index (χ1n) is 8.95. The quantitative estimate of drug-likeness (QED) is 0.812. The van der Waals surface area contributed by atoms with Crippen LogP contribution in [0.2, 0.25) is 0 Å². The van der Waals surface area contributed by atoms with E-state index in [-0.39, 0.29) is 0 Å². The Balaban J connectivity index is 1.42. The number of anilines is 1. The Bertz CT molecular complexity index is 584. The zero-order chi connectivity index (χ0) is 16.7. The van der Waals surface area contributed by atoms with Crippen molar-refractivity contribution in [1.82, 2.24) is 5.32 Å². The number of thiocarbonyl (C=S) groups is 1. The summed E-state index contributed by atoms with van der Waals surface area (Å²) >= 11 is 5.59. The van der Waals surface area contributed by atoms with Crippen LogP contribution in [0.5, 0.6) is 11.5 Å². The molecule has 1 aromatic rings. The minimum absolute atomic E-state index is 0.547. The molecule has 5 heteroatoms. The van der Waals surface area contributed by atoms with Gasteiger partial charge in [0.1, 0.15) is 11.5 Å². The number of benzene rings is 1. The van der Waals surface area contributed by atoms with E-state index in [0.29, 0.717) is 11.2 Å². The molecule has 4 fully saturated rings. The Morgan fingerprint density at radius 2 is 1.46 bits per heavy atom. The van der Waals surface area contributed by atoms with Gasteiger partial charge >= 0.3 is 0 Å². The first kappa shape index (κ1) is 16.0. The third-order valence-electron chi connectivity index (χ3n) is 6.13. The topological polar surface area (TPSA) is 42.5 Å². The van der Waals surface area contributed by atoms with Crippen molar-refractivity contribution in [2.45, 2.75) is 38.1 Å². The van der Waals surface area contributed by atoms with Gasteiger partial charge in [0.15, 0.2) is 5.11 Å². The Morgan fingerprint density at radius 3 is 1.96 bits per heavy atom. The Kier molecular flexibility index (Phi) is 4.29. The smallest absolute Gasteiger partial charge is 0.171 e. The molecule has 0 aliphatic heterocycles. The van der Waals surface area contributed by atoms with E-state index in [1.807, 2.05) is 18.2 Å². The Labute approximate surface area is 149 Å². The number of rotatable bonds is 4. The second-order valence-corrected chi connectivity index (χ2v) is 8.06. The van der Waals surface area contributed by atoms with Crippen LogP contribution in [0.4, 0.5) is 5.69 Å². The summed E-state index contributed by atoms with van der Waals surface area (Å²) in [4.78, 5) is 0. The van der Waals surface area contributed by atoms with E-state index < -0.39 is 0 Å². The van der Waals surface area contributed by atoms with E-state index in [2.05, 4.69) is 10.6 Å². The fourth-order valence-corrected chi connectivity index (χ4v) is 5.61. The van der Waals surface area contributed by atoms with Crippen molar-refractivity contribution < 1.29 is 9.47 Å². The van der Waals surface area contributed by atoms with Crippen molar-refractivity contribution in [2.75, 3.05) is 19.5 Å². The average Bonchev–Trinajstić information content (AvgIpc) is 2.57. The van der Waals surface area contributed by atoms with Gasteiger partial charge in [-0.3, -0.25) is 0 Å². The maximum Gasteiger partial charge on any atom is 0.171 e. The van der Waals surface area contributed by atoms with Crippen LogP contribution in [0.25, 0.3) is 0 Å². The van der Waals surface area contributed by atoms with Crippen LogP contribution in [0.3, 0.4) is 0 Å². The molecule has 0 aromatic heterocycles. The maximum absolute atomic E-state index is 5.59. The zero-order valence-corrected chi connectivity index (χ0v) is 15.2. The lowest BCUT2D eigenvalue weighted by Gasteiger charge is -2.54. The highest BCUT2D eigenvalue weighted by Gasteiger charge is 2.48. The lowest BCUT2D eigenvalue weighted by Crippen LogP contribution is -2.56. The predicted molar refractivity (Wildman–Crippen MR) is 99.7 cm³/mol. The highest BCUT2D eigenvalue weighted by atomic mass is 32.1. The van der Waals surface area contributed by atoms with E-state index in [0.717, 1.165) is 40.9 Å². The molecule has 0 heterocycles. The molecule has 4 aliphatic carbocycles. The van der Waals surface area contributed by atoms with Gasteiger partial charge in [-0.2, -0.15) is 0 Å². The maximum atomic E-state index is 5.59. The van der Waals surface area contributed by atoms with Gasteiger partial charge in [-0.05, 0) is 68.0 Å². The first-order valence-corrected chi connectivity index (χ1v) is 9.36. The summed E-state index contributed by atoms with van der Waals surface area (Å²) in [5.41, 5.74) is 0.896. The number of methoxy groups -OCH3 is 2. The van der Waals surface area contributed by atoms with E-state index >= 15 is 0 Å². The predicted octanol–water partition coefficient (Wildman–Crippen LogP) is 3.81. The second kappa shape index (κ2) is 6.43. The lowest BCUT2D eigenvalue weighted by molar-refractivity contribution is -0.00665. The molecule has 0 saturated heterocycles. The number of ether oxygens (including phenoxy) is 2. The van der Waals surface area contributed by atoms with Gasteiger partial charge in [0.2, 0.25) is 0 Å². The molecular formula is C19H26N2O2S. The van der Waals surface area contributed by atoms with Crippen molar-refractivity contribution in [1.29, 1.82) is 0 Å². The highest BCUT2D eigenvalue weighted by Crippen LogP contribution is 2.53. The molecule has 0 amide bonds. The molecule has 130 valence electrons. The van der Waals surface area contributed by atoms with Gasteiger partial charge < -0.3 is 20.1 Å². The molecule has 1 aromatic carbocycles. The molecule has 4 nitrogen and oxygen atoms in total. The van der Waals surface area contributed by atoms with Crippen molar-refractivity contribution in [2.24, 2.45) is 23.7 Å². The Morgan fingerprint density at radius 1 is 0.917 bits per heavy atom. The minimum atomic E-state index is 0.547. The molecule has 4 bridgehead atoms. The third-order valence-corrected chi connectivity index (χ3v) is 6.35. The molecule has 5 rings (SSSR count). The second-order valence-electron chi connectivity index (χ2n) is 7.66. The van der Waals surface area contributed by atoms with Gasteiger partial charge in [-0.25, -0.2) is 0 Å². The van der Waals surface area contributed by atoms with Gasteiger partial charge in [0.05, 0.1) is 14.2 Å². The van der Waals surface area contributed by atoms with Crippen LogP contribution in [0.15, 0.2) is 18.2 Å². The van der Waals surface area contributed by atoms with E-state index in [1.165, 1.54) is 32.1 Å². The molecule has 2 N–H and O–H groups in total. The van der Waals surface area contributed by atoms with Crippen LogP contribution in [-0.4, -0.2) is 25.4 Å². The van der Waals surface area contributed by atoms with Crippen molar-refractivity contribution in [3.63, 3.8) is 0 Å². The van der Waals surface area contributed by atoms with Gasteiger partial charge in [-0.1, -0.05) is 0 Å². The highest BCUT2D eigenvalue weighted by molar-refractivity contribution is 7.80. The largest absolute Gasteiger partial charge is 0.497 e. The lowest BCUT2D eigenvalue weighted by atomic mass is 9.54. The summed E-state index contributed by atoms with van der Waals surface area (Å²) in [7, 11) is 3.31. The normalized spacial score (nSPS) is 33.2. The SMILES string of the molecule is COc1cc(NC(=S)NC2C3CC4CC(C3)CC2C4)cc(OC)c1. The summed E-state index contributed by atoms with van der Waals surface area (Å²) < 4.78 is 10.6. The van der Waals surface area contributed by atoms with Crippen LogP contribution in [0, 0.1) is 23.7 Å².